The van der Waals surface area contributed by atoms with E-state index in [0.717, 1.165) is 19.3 Å². The summed E-state index contributed by atoms with van der Waals surface area (Å²) in [5.74, 6) is 0. The molecule has 12 heavy (non-hydrogen) atoms. The third-order valence-electron chi connectivity index (χ3n) is 2.14. The van der Waals surface area contributed by atoms with E-state index in [0.29, 0.717) is 12.1 Å². The maximum atomic E-state index is 9.38. The van der Waals surface area contributed by atoms with Gasteiger partial charge in [0.1, 0.15) is 0 Å². The van der Waals surface area contributed by atoms with Crippen molar-refractivity contribution in [2.75, 3.05) is 0 Å². The van der Waals surface area contributed by atoms with E-state index in [-0.39, 0.29) is 6.04 Å². The predicted molar refractivity (Wildman–Crippen MR) is 53.0 cm³/mol. The van der Waals surface area contributed by atoms with E-state index in [1.807, 2.05) is 6.92 Å². The number of nitrogens with two attached hydrogens (primary N) is 1. The van der Waals surface area contributed by atoms with E-state index < -0.39 is 8.56 Å². The van der Waals surface area contributed by atoms with Crippen LogP contribution in [0.15, 0.2) is 0 Å². The Hall–Kier alpha value is 0.0969. The summed E-state index contributed by atoms with van der Waals surface area (Å²) in [7, 11) is -2.85. The first kappa shape index (κ1) is 12.1. The van der Waals surface area contributed by atoms with Crippen LogP contribution < -0.4 is 5.73 Å². The molecular weight excluding hydrogens is 170 g/mol. The van der Waals surface area contributed by atoms with Crippen molar-refractivity contribution in [3.8, 4) is 0 Å². The molecule has 0 fully saturated rings. The van der Waals surface area contributed by atoms with Gasteiger partial charge in [-0.1, -0.05) is 20.3 Å². The lowest BCUT2D eigenvalue weighted by atomic mass is 10.1. The maximum Gasteiger partial charge on any atom is 0.332 e. The molecule has 0 heterocycles. The zero-order chi connectivity index (χ0) is 9.61. The molecule has 3 nitrogen and oxygen atoms in total. The van der Waals surface area contributed by atoms with Gasteiger partial charge in [-0.15, -0.1) is 0 Å². The van der Waals surface area contributed by atoms with Crippen LogP contribution in [0.2, 0.25) is 12.1 Å². The fourth-order valence-electron chi connectivity index (χ4n) is 1.11. The Kier molecular flexibility index (Phi) is 5.74. The quantitative estimate of drug-likeness (QED) is 0.548. The molecule has 0 aromatic rings. The first-order valence-electron chi connectivity index (χ1n) is 4.72. The van der Waals surface area contributed by atoms with Gasteiger partial charge in [0.25, 0.3) is 0 Å². The Balaban J connectivity index is 3.52. The van der Waals surface area contributed by atoms with Gasteiger partial charge in [-0.2, -0.15) is 0 Å². The molecule has 0 aromatic heterocycles. The van der Waals surface area contributed by atoms with Gasteiger partial charge in [-0.25, -0.2) is 0 Å². The third-order valence-corrected chi connectivity index (χ3v) is 4.36. The second-order valence-electron chi connectivity index (χ2n) is 3.42. The smallest absolute Gasteiger partial charge is 0.332 e. The molecule has 0 rings (SSSR count). The average molecular weight is 191 g/mol. The van der Waals surface area contributed by atoms with Crippen LogP contribution in [0, 0.1) is 0 Å². The monoisotopic (exact) mass is 191 g/mol. The molecule has 0 aliphatic rings. The van der Waals surface area contributed by atoms with E-state index in [4.69, 9.17) is 5.73 Å². The molecule has 0 aromatic carbocycles. The van der Waals surface area contributed by atoms with E-state index in [1.165, 1.54) is 0 Å². The summed E-state index contributed by atoms with van der Waals surface area (Å²) in [6, 6.07) is 1.17. The van der Waals surface area contributed by atoms with Crippen molar-refractivity contribution in [3.63, 3.8) is 0 Å². The first-order chi connectivity index (χ1) is 5.52. The zero-order valence-corrected chi connectivity index (χ0v) is 9.08. The fourth-order valence-corrected chi connectivity index (χ4v) is 2.30. The fraction of sp³-hybridized carbons (Fsp3) is 1.00. The molecule has 0 spiro atoms. The van der Waals surface area contributed by atoms with E-state index >= 15 is 0 Å². The van der Waals surface area contributed by atoms with Crippen LogP contribution in [0.25, 0.3) is 0 Å². The second-order valence-corrected chi connectivity index (χ2v) is 6.60. The highest BCUT2D eigenvalue weighted by molar-refractivity contribution is 6.64. The standard InChI is InChI=1S/C8H21NO2Si/c1-3-5-8(9)6-7-12(10,11)4-2/h8,10-11H,3-7,9H2,1-2H3. The molecule has 0 amide bonds. The van der Waals surface area contributed by atoms with Crippen LogP contribution in [0.4, 0.5) is 0 Å². The van der Waals surface area contributed by atoms with E-state index in [2.05, 4.69) is 6.92 Å². The minimum absolute atomic E-state index is 0.146. The summed E-state index contributed by atoms with van der Waals surface area (Å²) < 4.78 is 0. The topological polar surface area (TPSA) is 66.5 Å². The van der Waals surface area contributed by atoms with E-state index in [9.17, 15) is 9.59 Å². The van der Waals surface area contributed by atoms with Gasteiger partial charge < -0.3 is 15.3 Å². The molecule has 74 valence electrons. The van der Waals surface area contributed by atoms with Crippen LogP contribution in [-0.2, 0) is 0 Å². The Bertz CT molecular complexity index is 120. The van der Waals surface area contributed by atoms with Crippen molar-refractivity contribution in [1.29, 1.82) is 0 Å². The lowest BCUT2D eigenvalue weighted by Crippen LogP contribution is -2.35. The average Bonchev–Trinajstić information content (AvgIpc) is 2.02. The SMILES string of the molecule is CCCC(N)CC[Si](O)(O)CC. The summed E-state index contributed by atoms with van der Waals surface area (Å²) in [6.45, 7) is 3.90. The first-order valence-corrected chi connectivity index (χ1v) is 7.03. The highest BCUT2D eigenvalue weighted by Crippen LogP contribution is 2.13. The summed E-state index contributed by atoms with van der Waals surface area (Å²) in [4.78, 5) is 18.8. The molecule has 1 unspecified atom stereocenters. The van der Waals surface area contributed by atoms with E-state index in [1.54, 1.807) is 0 Å². The van der Waals surface area contributed by atoms with Crippen molar-refractivity contribution in [1.82, 2.24) is 0 Å². The molecule has 0 saturated carbocycles. The summed E-state index contributed by atoms with van der Waals surface area (Å²) in [6.07, 6.45) is 2.80. The van der Waals surface area contributed by atoms with Gasteiger partial charge in [0.05, 0.1) is 0 Å². The number of hydrogen-bond acceptors (Lipinski definition) is 3. The number of hydrogen-bond donors (Lipinski definition) is 3. The summed E-state index contributed by atoms with van der Waals surface area (Å²) in [5, 5.41) is 0. The molecule has 0 aliphatic carbocycles. The summed E-state index contributed by atoms with van der Waals surface area (Å²) >= 11 is 0. The highest BCUT2D eigenvalue weighted by Gasteiger charge is 2.26. The summed E-state index contributed by atoms with van der Waals surface area (Å²) in [5.41, 5.74) is 5.75. The maximum absolute atomic E-state index is 9.38. The Labute approximate surface area is 75.8 Å². The zero-order valence-electron chi connectivity index (χ0n) is 8.08. The minimum atomic E-state index is -2.85. The van der Waals surface area contributed by atoms with Gasteiger partial charge in [0, 0.05) is 6.04 Å². The van der Waals surface area contributed by atoms with Crippen LogP contribution in [0.3, 0.4) is 0 Å². The van der Waals surface area contributed by atoms with Gasteiger partial charge in [-0.05, 0) is 24.9 Å². The Morgan fingerprint density at radius 3 is 2.25 bits per heavy atom. The van der Waals surface area contributed by atoms with Gasteiger partial charge in [0.15, 0.2) is 0 Å². The minimum Gasteiger partial charge on any atom is -0.411 e. The van der Waals surface area contributed by atoms with Crippen molar-refractivity contribution in [2.24, 2.45) is 5.73 Å². The Morgan fingerprint density at radius 1 is 1.25 bits per heavy atom. The third kappa shape index (κ3) is 5.71. The lowest BCUT2D eigenvalue weighted by Gasteiger charge is -2.17. The lowest BCUT2D eigenvalue weighted by molar-refractivity contribution is 0.353. The van der Waals surface area contributed by atoms with Crippen molar-refractivity contribution in [2.45, 2.75) is 51.2 Å². The van der Waals surface area contributed by atoms with Crippen molar-refractivity contribution >= 4 is 8.56 Å². The van der Waals surface area contributed by atoms with Crippen LogP contribution in [-0.4, -0.2) is 24.2 Å². The Morgan fingerprint density at radius 2 is 1.83 bits per heavy atom. The molecular formula is C8H21NO2Si. The molecule has 4 N–H and O–H groups in total. The molecule has 1 atom stereocenters. The van der Waals surface area contributed by atoms with Crippen molar-refractivity contribution in [3.05, 3.63) is 0 Å². The number of rotatable bonds is 6. The molecule has 0 radical (unpaired) electrons. The highest BCUT2D eigenvalue weighted by atomic mass is 28.4. The molecule has 4 heteroatoms. The van der Waals surface area contributed by atoms with Crippen LogP contribution >= 0.6 is 0 Å². The molecule has 0 aliphatic heterocycles. The van der Waals surface area contributed by atoms with Crippen molar-refractivity contribution < 1.29 is 9.59 Å². The van der Waals surface area contributed by atoms with Gasteiger partial charge in [0.2, 0.25) is 0 Å². The van der Waals surface area contributed by atoms with Gasteiger partial charge >= 0.3 is 8.56 Å². The second kappa shape index (κ2) is 5.69. The molecule has 0 saturated heterocycles. The predicted octanol–water partition coefficient (Wildman–Crippen LogP) is 0.951. The van der Waals surface area contributed by atoms with Crippen LogP contribution in [0.5, 0.6) is 0 Å². The largest absolute Gasteiger partial charge is 0.411 e. The van der Waals surface area contributed by atoms with Crippen LogP contribution in [0.1, 0.15) is 33.1 Å². The molecule has 0 bridgehead atoms. The normalized spacial score (nSPS) is 14.8. The van der Waals surface area contributed by atoms with Gasteiger partial charge in [-0.3, -0.25) is 0 Å².